The third-order valence-corrected chi connectivity index (χ3v) is 17.2. The van der Waals surface area contributed by atoms with Gasteiger partial charge in [0.1, 0.15) is 23.0 Å². The van der Waals surface area contributed by atoms with E-state index in [9.17, 15) is 0 Å². The summed E-state index contributed by atoms with van der Waals surface area (Å²) in [5, 5.41) is 8.03. The van der Waals surface area contributed by atoms with Crippen LogP contribution in [0.15, 0.2) is 200 Å². The number of nitrogens with zero attached hydrogens (tertiary/aromatic N) is 2. The van der Waals surface area contributed by atoms with Crippen LogP contribution in [0.1, 0.15) is 0 Å². The maximum Gasteiger partial charge on any atom is 0.148 e. The topological polar surface area (TPSA) is 28.3 Å². The van der Waals surface area contributed by atoms with Crippen molar-refractivity contribution in [3.05, 3.63) is 200 Å². The molecule has 4 nitrogen and oxygen atoms in total. The van der Waals surface area contributed by atoms with Gasteiger partial charge in [-0.2, -0.15) is 0 Å². The molecular formula is C54H33N2O2PS. The fraction of sp³-hybridized carbons (Fsp3) is 0. The van der Waals surface area contributed by atoms with Gasteiger partial charge in [0, 0.05) is 54.7 Å². The van der Waals surface area contributed by atoms with Crippen LogP contribution in [0.3, 0.4) is 0 Å². The van der Waals surface area contributed by atoms with Crippen LogP contribution in [0.25, 0.3) is 77.2 Å². The van der Waals surface area contributed by atoms with Gasteiger partial charge < -0.3 is 18.6 Å². The Kier molecular flexibility index (Phi) is 7.13. The van der Waals surface area contributed by atoms with Crippen molar-refractivity contribution in [2.45, 2.75) is 0 Å². The molecule has 0 amide bonds. The molecule has 4 heterocycles. The SMILES string of the molecule is S=P12c3ccccc3Oc3c(-c4ccc(-n5c6ccccc6c6ccccc65)cc4)cc(-c4ccc(-n5c6ccccc6c6ccccc65)cc4)c(c31)Oc1ccccc12. The third kappa shape index (κ3) is 4.65. The molecule has 11 aromatic rings. The van der Waals surface area contributed by atoms with E-state index in [2.05, 4.69) is 197 Å². The van der Waals surface area contributed by atoms with E-state index in [1.165, 1.54) is 43.6 Å². The fourth-order valence-electron chi connectivity index (χ4n) is 9.73. The zero-order valence-corrected chi connectivity index (χ0v) is 33.8. The van der Waals surface area contributed by atoms with Crippen LogP contribution < -0.4 is 25.4 Å². The minimum Gasteiger partial charge on any atom is -0.455 e. The van der Waals surface area contributed by atoms with Gasteiger partial charge in [0.15, 0.2) is 0 Å². The maximum absolute atomic E-state index is 7.05. The first-order valence-corrected chi connectivity index (χ1v) is 23.0. The van der Waals surface area contributed by atoms with Crippen LogP contribution in [-0.4, -0.2) is 9.13 Å². The van der Waals surface area contributed by atoms with Gasteiger partial charge in [-0.3, -0.25) is 0 Å². The number of para-hydroxylation sites is 6. The molecule has 0 bridgehead atoms. The molecule has 0 saturated carbocycles. The van der Waals surface area contributed by atoms with E-state index in [1.54, 1.807) is 0 Å². The summed E-state index contributed by atoms with van der Waals surface area (Å²) in [6.45, 7) is 0. The number of hydrogen-bond donors (Lipinski definition) is 0. The Bertz CT molecular complexity index is 3300. The van der Waals surface area contributed by atoms with Gasteiger partial charge in [-0.05, 0) is 90.0 Å². The number of fused-ring (bicyclic) bond motifs is 10. The van der Waals surface area contributed by atoms with Crippen molar-refractivity contribution < 1.29 is 9.47 Å². The largest absolute Gasteiger partial charge is 0.455 e. The minimum absolute atomic E-state index is 0.775. The van der Waals surface area contributed by atoms with E-state index in [1.807, 2.05) is 12.1 Å². The van der Waals surface area contributed by atoms with Crippen LogP contribution in [0.5, 0.6) is 23.0 Å². The average molecular weight is 805 g/mol. The second-order valence-corrected chi connectivity index (χ2v) is 19.8. The zero-order chi connectivity index (χ0) is 39.5. The van der Waals surface area contributed by atoms with Crippen LogP contribution in [0.2, 0.25) is 0 Å². The molecule has 0 fully saturated rings. The smallest absolute Gasteiger partial charge is 0.148 e. The molecule has 2 aromatic heterocycles. The molecule has 2 aliphatic heterocycles. The second-order valence-electron chi connectivity index (χ2n) is 15.6. The normalized spacial score (nSPS) is 13.5. The molecule has 9 aromatic carbocycles. The van der Waals surface area contributed by atoms with Crippen molar-refractivity contribution in [3.63, 3.8) is 0 Å². The highest BCUT2D eigenvalue weighted by Gasteiger charge is 2.44. The molecule has 60 heavy (non-hydrogen) atoms. The van der Waals surface area contributed by atoms with Gasteiger partial charge in [0.2, 0.25) is 0 Å². The summed E-state index contributed by atoms with van der Waals surface area (Å²) in [6.07, 6.45) is 0. The van der Waals surface area contributed by atoms with Crippen LogP contribution in [0.4, 0.5) is 0 Å². The zero-order valence-electron chi connectivity index (χ0n) is 32.1. The van der Waals surface area contributed by atoms with Gasteiger partial charge in [0.25, 0.3) is 0 Å². The molecule has 0 N–H and O–H groups in total. The van der Waals surface area contributed by atoms with Crippen molar-refractivity contribution in [3.8, 4) is 56.6 Å². The molecule has 0 unspecified atom stereocenters. The van der Waals surface area contributed by atoms with Gasteiger partial charge in [-0.1, -0.05) is 133 Å². The monoisotopic (exact) mass is 804 g/mol. The molecular weight excluding hydrogens is 772 g/mol. The van der Waals surface area contributed by atoms with E-state index in [-0.39, 0.29) is 0 Å². The van der Waals surface area contributed by atoms with Crippen LogP contribution in [-0.2, 0) is 11.8 Å². The second kappa shape index (κ2) is 12.7. The van der Waals surface area contributed by atoms with E-state index in [4.69, 9.17) is 21.3 Å². The van der Waals surface area contributed by atoms with E-state index in [0.717, 1.165) is 72.5 Å². The minimum atomic E-state index is -2.64. The Morgan fingerprint density at radius 2 is 0.700 bits per heavy atom. The van der Waals surface area contributed by atoms with Crippen LogP contribution in [0, 0.1) is 0 Å². The van der Waals surface area contributed by atoms with Crippen molar-refractivity contribution in [2.24, 2.45) is 0 Å². The summed E-state index contributed by atoms with van der Waals surface area (Å²) < 4.78 is 18.8. The first-order valence-electron chi connectivity index (χ1n) is 20.2. The van der Waals surface area contributed by atoms with Gasteiger partial charge in [-0.15, -0.1) is 0 Å². The fourth-order valence-corrected chi connectivity index (χ4v) is 14.2. The van der Waals surface area contributed by atoms with Gasteiger partial charge in [-0.25, -0.2) is 0 Å². The summed E-state index contributed by atoms with van der Waals surface area (Å²) in [4.78, 5) is 0. The van der Waals surface area contributed by atoms with Crippen molar-refractivity contribution in [1.29, 1.82) is 0 Å². The lowest BCUT2D eigenvalue weighted by Crippen LogP contribution is -2.35. The summed E-state index contributed by atoms with van der Waals surface area (Å²) in [7, 11) is 0. The molecule has 0 atom stereocenters. The Morgan fingerprint density at radius 3 is 1.08 bits per heavy atom. The van der Waals surface area contributed by atoms with Crippen LogP contribution >= 0.6 is 6.04 Å². The summed E-state index contributed by atoms with van der Waals surface area (Å²) >= 11 is 7.05. The van der Waals surface area contributed by atoms with E-state index in [0.29, 0.717) is 0 Å². The number of hydrogen-bond acceptors (Lipinski definition) is 3. The maximum atomic E-state index is 7.05. The molecule has 6 heteroatoms. The highest BCUT2D eigenvalue weighted by Crippen LogP contribution is 2.62. The predicted octanol–water partition coefficient (Wildman–Crippen LogP) is 13.2. The summed E-state index contributed by atoms with van der Waals surface area (Å²) in [5.74, 6) is 3.17. The van der Waals surface area contributed by atoms with E-state index < -0.39 is 6.04 Å². The molecule has 13 rings (SSSR count). The number of aromatic nitrogens is 2. The van der Waals surface area contributed by atoms with E-state index >= 15 is 0 Å². The lowest BCUT2D eigenvalue weighted by Gasteiger charge is -2.39. The Morgan fingerprint density at radius 1 is 0.367 bits per heavy atom. The first kappa shape index (κ1) is 33.8. The predicted molar refractivity (Wildman–Crippen MR) is 252 cm³/mol. The quantitative estimate of drug-likeness (QED) is 0.166. The third-order valence-electron chi connectivity index (χ3n) is 12.4. The standard InChI is InChI=1S/C54H33N2O2PS/c60-59-50-23-11-9-21-48(50)57-52-42(34-25-29-36(30-26-34)55-44-17-5-1-13-38(44)39-14-2-6-18-45(39)55)33-43(53(54(52)59)58-49-22-10-12-24-51(49)59)35-27-31-37(32-28-35)56-46-19-7-3-15-40(46)41-16-4-8-20-47(41)56/h1-33H. The lowest BCUT2D eigenvalue weighted by atomic mass is 9.96. The first-order chi connectivity index (χ1) is 29.6. The number of ether oxygens (including phenoxy) is 2. The Hall–Kier alpha value is -7.17. The molecule has 282 valence electrons. The molecule has 0 saturated heterocycles. The van der Waals surface area contributed by atoms with Gasteiger partial charge >= 0.3 is 0 Å². The Labute approximate surface area is 351 Å². The van der Waals surface area contributed by atoms with Crippen molar-refractivity contribution in [1.82, 2.24) is 9.13 Å². The molecule has 2 aliphatic rings. The Balaban J connectivity index is 1.03. The highest BCUT2D eigenvalue weighted by atomic mass is 32.4. The summed E-state index contributed by atoms with van der Waals surface area (Å²) in [5.41, 5.74) is 11.0. The molecule has 0 spiro atoms. The molecule has 0 aliphatic carbocycles. The lowest BCUT2D eigenvalue weighted by molar-refractivity contribution is 0.469. The average Bonchev–Trinajstić information content (AvgIpc) is 3.83. The summed E-state index contributed by atoms with van der Waals surface area (Å²) in [6, 6.07) is 68.5. The number of rotatable bonds is 4. The number of benzene rings is 9. The highest BCUT2D eigenvalue weighted by molar-refractivity contribution is 8.26. The molecule has 0 radical (unpaired) electrons. The van der Waals surface area contributed by atoms with Crippen molar-refractivity contribution in [2.75, 3.05) is 0 Å². The van der Waals surface area contributed by atoms with Crippen molar-refractivity contribution >= 4 is 77.4 Å². The van der Waals surface area contributed by atoms with Gasteiger partial charge in [0.05, 0.1) is 33.4 Å².